The van der Waals surface area contributed by atoms with E-state index in [-0.39, 0.29) is 24.0 Å². The van der Waals surface area contributed by atoms with E-state index >= 15 is 0 Å². The van der Waals surface area contributed by atoms with Crippen LogP contribution in [0.25, 0.3) is 0 Å². The number of rotatable bonds is 9. The second-order valence-electron chi connectivity index (χ2n) is 7.59. The third-order valence-electron chi connectivity index (χ3n) is 4.89. The molecule has 1 amide bonds. The van der Waals surface area contributed by atoms with Crippen LogP contribution in [0, 0.1) is 6.92 Å². The summed E-state index contributed by atoms with van der Waals surface area (Å²) in [4.78, 5) is 12.6. The van der Waals surface area contributed by atoms with Crippen LogP contribution in [0.5, 0.6) is 0 Å². The maximum absolute atomic E-state index is 12.5. The molecule has 0 unspecified atom stereocenters. The molecule has 0 saturated carbocycles. The van der Waals surface area contributed by atoms with Crippen LogP contribution in [0.4, 0.5) is 5.69 Å². The first-order chi connectivity index (χ1) is 14.3. The molecule has 170 valence electrons. The first-order valence-corrected chi connectivity index (χ1v) is 13.0. The summed E-state index contributed by atoms with van der Waals surface area (Å²) in [6, 6.07) is 13.0. The lowest BCUT2D eigenvalue weighted by Crippen LogP contribution is -2.40. The second-order valence-corrected chi connectivity index (χ2v) is 11.5. The highest BCUT2D eigenvalue weighted by atomic mass is 32.2. The molecule has 0 fully saturated rings. The van der Waals surface area contributed by atoms with Gasteiger partial charge in [0.2, 0.25) is 26.0 Å². The van der Waals surface area contributed by atoms with Crippen LogP contribution in [0.15, 0.2) is 53.4 Å². The number of benzene rings is 2. The van der Waals surface area contributed by atoms with E-state index in [0.29, 0.717) is 11.3 Å². The Morgan fingerprint density at radius 2 is 1.58 bits per heavy atom. The molecule has 0 saturated heterocycles. The summed E-state index contributed by atoms with van der Waals surface area (Å²) >= 11 is 0. The zero-order valence-corrected chi connectivity index (χ0v) is 20.0. The fourth-order valence-electron chi connectivity index (χ4n) is 2.83. The summed E-state index contributed by atoms with van der Waals surface area (Å²) in [6.07, 6.45) is 1.06. The average molecular weight is 468 g/mol. The lowest BCUT2D eigenvalue weighted by molar-refractivity contribution is -0.119. The number of carbonyl (C=O) groups is 1. The van der Waals surface area contributed by atoms with Crippen LogP contribution >= 0.6 is 0 Å². The molecule has 2 rings (SSSR count). The molecular formula is C21H29N3O5S2. The molecule has 0 bridgehead atoms. The van der Waals surface area contributed by atoms with Gasteiger partial charge in [-0.3, -0.25) is 9.10 Å². The van der Waals surface area contributed by atoms with Gasteiger partial charge in [-0.15, -0.1) is 0 Å². The number of amides is 1. The van der Waals surface area contributed by atoms with Gasteiger partial charge in [0.1, 0.15) is 6.54 Å². The van der Waals surface area contributed by atoms with Crippen LogP contribution in [-0.2, 0) is 31.4 Å². The Balaban J connectivity index is 2.08. The Morgan fingerprint density at radius 1 is 1.00 bits per heavy atom. The van der Waals surface area contributed by atoms with Crippen molar-refractivity contribution in [3.63, 3.8) is 0 Å². The highest BCUT2D eigenvalue weighted by Crippen LogP contribution is 2.22. The van der Waals surface area contributed by atoms with Gasteiger partial charge in [-0.25, -0.2) is 16.8 Å². The van der Waals surface area contributed by atoms with Crippen LogP contribution < -0.4 is 9.62 Å². The van der Waals surface area contributed by atoms with Crippen molar-refractivity contribution in [1.29, 1.82) is 0 Å². The zero-order chi connectivity index (χ0) is 23.4. The second kappa shape index (κ2) is 9.80. The van der Waals surface area contributed by atoms with Crippen molar-refractivity contribution in [3.8, 4) is 0 Å². The minimum Gasteiger partial charge on any atom is -0.350 e. The summed E-state index contributed by atoms with van der Waals surface area (Å²) in [6.45, 7) is 5.15. The number of sulfonamides is 2. The summed E-state index contributed by atoms with van der Waals surface area (Å²) in [5, 5.41) is 2.69. The molecule has 0 heterocycles. The van der Waals surface area contributed by atoms with Crippen molar-refractivity contribution in [1.82, 2.24) is 9.62 Å². The first kappa shape index (κ1) is 24.8. The summed E-state index contributed by atoms with van der Waals surface area (Å²) in [5.41, 5.74) is 1.88. The highest BCUT2D eigenvalue weighted by molar-refractivity contribution is 7.92. The third-order valence-corrected chi connectivity index (χ3v) is 8.06. The number of hydrogen-bond donors (Lipinski definition) is 1. The molecule has 2 aromatic carbocycles. The standard InChI is InChI=1S/C21H29N3O5S2/c1-16(2)23(4)31(28,29)19-12-10-18(11-13-19)14-22-21(25)15-24(30(5,26)27)20-9-7-6-8-17(20)3/h6-13,16H,14-15H2,1-5H3,(H,22,25). The Morgan fingerprint density at radius 3 is 2.10 bits per heavy atom. The number of anilines is 1. The lowest BCUT2D eigenvalue weighted by Gasteiger charge is -2.23. The summed E-state index contributed by atoms with van der Waals surface area (Å²) in [5.74, 6) is -0.468. The molecule has 0 aromatic heterocycles. The molecule has 1 N–H and O–H groups in total. The number of carbonyl (C=O) groups excluding carboxylic acids is 1. The summed E-state index contributed by atoms with van der Waals surface area (Å²) < 4.78 is 51.8. The van der Waals surface area contributed by atoms with E-state index in [0.717, 1.165) is 16.1 Å². The van der Waals surface area contributed by atoms with Crippen molar-refractivity contribution in [2.45, 2.75) is 38.3 Å². The van der Waals surface area contributed by atoms with Gasteiger partial charge < -0.3 is 5.32 Å². The number of para-hydroxylation sites is 1. The number of aryl methyl sites for hydroxylation is 1. The van der Waals surface area contributed by atoms with Gasteiger partial charge in [0.25, 0.3) is 0 Å². The van der Waals surface area contributed by atoms with Crippen LogP contribution in [0.3, 0.4) is 0 Å². The maximum atomic E-state index is 12.5. The maximum Gasteiger partial charge on any atom is 0.243 e. The highest BCUT2D eigenvalue weighted by Gasteiger charge is 2.23. The van der Waals surface area contributed by atoms with Crippen molar-refractivity contribution in [3.05, 3.63) is 59.7 Å². The van der Waals surface area contributed by atoms with Gasteiger partial charge in [-0.05, 0) is 50.1 Å². The van der Waals surface area contributed by atoms with Gasteiger partial charge >= 0.3 is 0 Å². The minimum atomic E-state index is -3.65. The number of hydrogen-bond acceptors (Lipinski definition) is 5. The van der Waals surface area contributed by atoms with Gasteiger partial charge in [0.15, 0.2) is 0 Å². The van der Waals surface area contributed by atoms with Crippen LogP contribution in [0.2, 0.25) is 0 Å². The van der Waals surface area contributed by atoms with Crippen LogP contribution in [0.1, 0.15) is 25.0 Å². The lowest BCUT2D eigenvalue weighted by atomic mass is 10.2. The number of nitrogens with zero attached hydrogens (tertiary/aromatic N) is 2. The van der Waals surface area contributed by atoms with E-state index in [9.17, 15) is 21.6 Å². The average Bonchev–Trinajstić information content (AvgIpc) is 2.70. The zero-order valence-electron chi connectivity index (χ0n) is 18.4. The van der Waals surface area contributed by atoms with Crippen molar-refractivity contribution in [2.24, 2.45) is 0 Å². The van der Waals surface area contributed by atoms with E-state index in [1.54, 1.807) is 57.2 Å². The molecule has 0 aliphatic carbocycles. The Bertz CT molecular complexity index is 1130. The normalized spacial score (nSPS) is 12.2. The SMILES string of the molecule is Cc1ccccc1N(CC(=O)NCc1ccc(S(=O)(=O)N(C)C(C)C)cc1)S(C)(=O)=O. The largest absolute Gasteiger partial charge is 0.350 e. The quantitative estimate of drug-likeness (QED) is 0.608. The molecule has 0 aliphatic heterocycles. The third kappa shape index (κ3) is 6.28. The van der Waals surface area contributed by atoms with E-state index in [4.69, 9.17) is 0 Å². The molecule has 10 heteroatoms. The molecule has 8 nitrogen and oxygen atoms in total. The molecular weight excluding hydrogens is 438 g/mol. The molecule has 31 heavy (non-hydrogen) atoms. The van der Waals surface area contributed by atoms with Crippen molar-refractivity contribution < 1.29 is 21.6 Å². The van der Waals surface area contributed by atoms with Crippen molar-refractivity contribution >= 4 is 31.6 Å². The fourth-order valence-corrected chi connectivity index (χ4v) is 5.12. The molecule has 0 spiro atoms. The molecule has 2 aromatic rings. The van der Waals surface area contributed by atoms with Crippen molar-refractivity contribution in [2.75, 3.05) is 24.2 Å². The minimum absolute atomic E-state index is 0.143. The van der Waals surface area contributed by atoms with E-state index in [1.165, 1.54) is 23.5 Å². The summed E-state index contributed by atoms with van der Waals surface area (Å²) in [7, 11) is -5.71. The Labute approximate surface area is 185 Å². The van der Waals surface area contributed by atoms with Gasteiger partial charge in [-0.1, -0.05) is 30.3 Å². The predicted octanol–water partition coefficient (Wildman–Crippen LogP) is 2.11. The molecule has 0 radical (unpaired) electrons. The van der Waals surface area contributed by atoms with Gasteiger partial charge in [0, 0.05) is 19.6 Å². The smallest absolute Gasteiger partial charge is 0.243 e. The molecule has 0 aliphatic rings. The monoisotopic (exact) mass is 467 g/mol. The predicted molar refractivity (Wildman–Crippen MR) is 122 cm³/mol. The fraction of sp³-hybridized carbons (Fsp3) is 0.381. The van der Waals surface area contributed by atoms with E-state index in [2.05, 4.69) is 5.32 Å². The Kier molecular flexibility index (Phi) is 7.85. The van der Waals surface area contributed by atoms with E-state index < -0.39 is 26.0 Å². The number of nitrogens with one attached hydrogen (secondary N) is 1. The Hall–Kier alpha value is -2.43. The van der Waals surface area contributed by atoms with Gasteiger partial charge in [0.05, 0.1) is 16.8 Å². The van der Waals surface area contributed by atoms with Gasteiger partial charge in [-0.2, -0.15) is 4.31 Å². The topological polar surface area (TPSA) is 104 Å². The first-order valence-electron chi connectivity index (χ1n) is 9.71. The van der Waals surface area contributed by atoms with E-state index in [1.807, 2.05) is 0 Å². The van der Waals surface area contributed by atoms with Crippen LogP contribution in [-0.4, -0.2) is 52.9 Å². The molecule has 0 atom stereocenters.